The molecule has 0 saturated carbocycles. The van der Waals surface area contributed by atoms with Gasteiger partial charge in [0.05, 0.1) is 11.1 Å². The van der Waals surface area contributed by atoms with Crippen LogP contribution in [0.25, 0.3) is 0 Å². The first-order chi connectivity index (χ1) is 8.25. The Morgan fingerprint density at radius 3 is 2.82 bits per heavy atom. The molecule has 0 aliphatic carbocycles. The minimum Gasteiger partial charge on any atom is -0.257 e. The van der Waals surface area contributed by atoms with Gasteiger partial charge in [0.1, 0.15) is 6.20 Å². The number of nitrogens with one attached hydrogen (secondary N) is 1. The standard InChI is InChI=1S/C10H8N4O2S/c15-14(16)9-7-11-10(17-9)13-12-6-8-4-2-1-3-5-8/h1-7H,(H,11,13)/b12-6+. The van der Waals surface area contributed by atoms with E-state index in [0.717, 1.165) is 16.9 Å². The molecule has 1 aromatic carbocycles. The molecule has 17 heavy (non-hydrogen) atoms. The number of thiazole rings is 1. The number of hydrogen-bond donors (Lipinski definition) is 1. The molecule has 0 unspecified atom stereocenters. The van der Waals surface area contributed by atoms with Crippen molar-refractivity contribution in [3.63, 3.8) is 0 Å². The van der Waals surface area contributed by atoms with E-state index >= 15 is 0 Å². The molecule has 0 bridgehead atoms. The van der Waals surface area contributed by atoms with Crippen LogP contribution in [0.1, 0.15) is 5.56 Å². The third kappa shape index (κ3) is 3.08. The number of nitro groups is 1. The molecule has 0 fully saturated rings. The molecule has 0 saturated heterocycles. The zero-order valence-electron chi connectivity index (χ0n) is 8.61. The second-order valence-electron chi connectivity index (χ2n) is 3.04. The second kappa shape index (κ2) is 5.17. The van der Waals surface area contributed by atoms with Crippen molar-refractivity contribution >= 4 is 27.7 Å². The molecule has 1 heterocycles. The normalized spacial score (nSPS) is 10.6. The van der Waals surface area contributed by atoms with Gasteiger partial charge >= 0.3 is 5.00 Å². The van der Waals surface area contributed by atoms with Crippen LogP contribution in [0.15, 0.2) is 41.6 Å². The van der Waals surface area contributed by atoms with Crippen LogP contribution >= 0.6 is 11.3 Å². The fourth-order valence-electron chi connectivity index (χ4n) is 1.10. The molecule has 0 amide bonds. The molecule has 2 rings (SSSR count). The van der Waals surface area contributed by atoms with E-state index in [9.17, 15) is 10.1 Å². The molecule has 0 atom stereocenters. The number of hydrogen-bond acceptors (Lipinski definition) is 6. The Bertz CT molecular complexity index is 538. The second-order valence-corrected chi connectivity index (χ2v) is 4.05. The highest BCUT2D eigenvalue weighted by Crippen LogP contribution is 2.24. The average Bonchev–Trinajstić information content (AvgIpc) is 2.79. The van der Waals surface area contributed by atoms with Gasteiger partial charge in [-0.25, -0.2) is 4.98 Å². The number of anilines is 1. The lowest BCUT2D eigenvalue weighted by atomic mass is 10.2. The maximum atomic E-state index is 10.4. The van der Waals surface area contributed by atoms with Crippen LogP contribution in [0.5, 0.6) is 0 Å². The van der Waals surface area contributed by atoms with Crippen LogP contribution in [0.3, 0.4) is 0 Å². The fourth-order valence-corrected chi connectivity index (χ4v) is 1.68. The van der Waals surface area contributed by atoms with E-state index in [4.69, 9.17) is 0 Å². The minimum absolute atomic E-state index is 0.0117. The van der Waals surface area contributed by atoms with Crippen LogP contribution in [0, 0.1) is 10.1 Å². The van der Waals surface area contributed by atoms with Gasteiger partial charge in [0, 0.05) is 0 Å². The zero-order valence-corrected chi connectivity index (χ0v) is 9.42. The van der Waals surface area contributed by atoms with Crippen LogP contribution in [0.2, 0.25) is 0 Å². The minimum atomic E-state index is -0.482. The molecule has 0 spiro atoms. The molecular weight excluding hydrogens is 240 g/mol. The number of aromatic nitrogens is 1. The number of rotatable bonds is 4. The van der Waals surface area contributed by atoms with Crippen molar-refractivity contribution in [3.05, 3.63) is 52.2 Å². The van der Waals surface area contributed by atoms with Crippen LogP contribution in [0.4, 0.5) is 10.1 Å². The Kier molecular flexibility index (Phi) is 3.41. The smallest absolute Gasteiger partial charge is 0.257 e. The highest BCUT2D eigenvalue weighted by Gasteiger charge is 2.10. The summed E-state index contributed by atoms with van der Waals surface area (Å²) < 4.78 is 0. The van der Waals surface area contributed by atoms with Gasteiger partial charge in [-0.1, -0.05) is 30.3 Å². The topological polar surface area (TPSA) is 80.4 Å². The van der Waals surface area contributed by atoms with Crippen molar-refractivity contribution in [3.8, 4) is 0 Å². The lowest BCUT2D eigenvalue weighted by Gasteiger charge is -1.92. The predicted molar refractivity (Wildman–Crippen MR) is 66.4 cm³/mol. The summed E-state index contributed by atoms with van der Waals surface area (Å²) in [5, 5.41) is 14.7. The van der Waals surface area contributed by atoms with E-state index in [0.29, 0.717) is 5.13 Å². The quantitative estimate of drug-likeness (QED) is 0.512. The maximum Gasteiger partial charge on any atom is 0.345 e. The predicted octanol–water partition coefficient (Wildman–Crippen LogP) is 2.50. The molecule has 1 N–H and O–H groups in total. The molecule has 0 radical (unpaired) electrons. The van der Waals surface area contributed by atoms with Crippen LogP contribution in [-0.2, 0) is 0 Å². The Morgan fingerprint density at radius 2 is 2.18 bits per heavy atom. The van der Waals surface area contributed by atoms with Gasteiger partial charge in [-0.2, -0.15) is 5.10 Å². The first-order valence-corrected chi connectivity index (χ1v) is 5.52. The lowest BCUT2D eigenvalue weighted by molar-refractivity contribution is -0.380. The summed E-state index contributed by atoms with van der Waals surface area (Å²) in [7, 11) is 0. The average molecular weight is 248 g/mol. The van der Waals surface area contributed by atoms with Gasteiger partial charge in [-0.15, -0.1) is 0 Å². The van der Waals surface area contributed by atoms with Gasteiger partial charge in [0.2, 0.25) is 5.13 Å². The summed E-state index contributed by atoms with van der Waals surface area (Å²) in [6.07, 6.45) is 2.82. The van der Waals surface area contributed by atoms with Gasteiger partial charge in [0.15, 0.2) is 0 Å². The summed E-state index contributed by atoms with van der Waals surface area (Å²) in [6.45, 7) is 0. The number of nitrogens with zero attached hydrogens (tertiary/aromatic N) is 3. The summed E-state index contributed by atoms with van der Waals surface area (Å²) in [5.41, 5.74) is 3.58. The van der Waals surface area contributed by atoms with Crippen molar-refractivity contribution in [2.75, 3.05) is 5.43 Å². The molecule has 86 valence electrons. The third-order valence-corrected chi connectivity index (χ3v) is 2.70. The largest absolute Gasteiger partial charge is 0.345 e. The van der Waals surface area contributed by atoms with E-state index in [-0.39, 0.29) is 5.00 Å². The highest BCUT2D eigenvalue weighted by atomic mass is 32.1. The first kappa shape index (κ1) is 11.2. The Balaban J connectivity index is 1.98. The molecular formula is C10H8N4O2S. The fraction of sp³-hybridized carbons (Fsp3) is 0. The third-order valence-electron chi connectivity index (χ3n) is 1.85. The molecule has 6 nitrogen and oxygen atoms in total. The van der Waals surface area contributed by atoms with Crippen molar-refractivity contribution < 1.29 is 4.92 Å². The van der Waals surface area contributed by atoms with E-state index in [2.05, 4.69) is 15.5 Å². The molecule has 7 heteroatoms. The maximum absolute atomic E-state index is 10.4. The van der Waals surface area contributed by atoms with Crippen molar-refractivity contribution in [1.82, 2.24) is 4.98 Å². The summed E-state index contributed by atoms with van der Waals surface area (Å²) in [4.78, 5) is 13.8. The van der Waals surface area contributed by atoms with Gasteiger partial charge < -0.3 is 0 Å². The Morgan fingerprint density at radius 1 is 1.41 bits per heavy atom. The van der Waals surface area contributed by atoms with Gasteiger partial charge in [0.25, 0.3) is 0 Å². The van der Waals surface area contributed by atoms with E-state index < -0.39 is 4.92 Å². The zero-order chi connectivity index (χ0) is 12.1. The van der Waals surface area contributed by atoms with Crippen molar-refractivity contribution in [2.45, 2.75) is 0 Å². The van der Waals surface area contributed by atoms with E-state index in [1.807, 2.05) is 30.3 Å². The summed E-state index contributed by atoms with van der Waals surface area (Å²) >= 11 is 0.941. The lowest BCUT2D eigenvalue weighted by Crippen LogP contribution is -1.88. The Labute approximate surface area is 101 Å². The van der Waals surface area contributed by atoms with Crippen molar-refractivity contribution in [2.24, 2.45) is 5.10 Å². The monoisotopic (exact) mass is 248 g/mol. The van der Waals surface area contributed by atoms with E-state index in [1.165, 1.54) is 6.20 Å². The van der Waals surface area contributed by atoms with Gasteiger partial charge in [-0.05, 0) is 16.9 Å². The summed E-state index contributed by atoms with van der Waals surface area (Å²) in [6, 6.07) is 9.51. The number of benzene rings is 1. The Hall–Kier alpha value is -2.28. The van der Waals surface area contributed by atoms with E-state index in [1.54, 1.807) is 6.21 Å². The highest BCUT2D eigenvalue weighted by molar-refractivity contribution is 7.18. The molecule has 0 aliphatic heterocycles. The first-order valence-electron chi connectivity index (χ1n) is 4.70. The molecule has 0 aliphatic rings. The van der Waals surface area contributed by atoms with Gasteiger partial charge in [-0.3, -0.25) is 15.5 Å². The van der Waals surface area contributed by atoms with Crippen molar-refractivity contribution in [1.29, 1.82) is 0 Å². The molecule has 1 aromatic heterocycles. The molecule has 2 aromatic rings. The van der Waals surface area contributed by atoms with Crippen LogP contribution < -0.4 is 5.43 Å². The van der Waals surface area contributed by atoms with Crippen LogP contribution in [-0.4, -0.2) is 16.1 Å². The SMILES string of the molecule is O=[N+]([O-])c1cnc(N/N=C/c2ccccc2)s1. The summed E-state index contributed by atoms with van der Waals surface area (Å²) in [5.74, 6) is 0. The number of hydrazone groups is 1.